The third-order valence-corrected chi connectivity index (χ3v) is 4.26. The Balaban J connectivity index is 2.56. The SMILES string of the molecule is CN(C)CCCNC(=O)[C@@H]1CCCC[C@@H]1C(=O)C(C)(C)C. The van der Waals surface area contributed by atoms with Crippen molar-refractivity contribution in [2.24, 2.45) is 17.3 Å². The molecule has 4 heteroatoms. The molecular weight excluding hydrogens is 264 g/mol. The van der Waals surface area contributed by atoms with Crippen molar-refractivity contribution in [1.29, 1.82) is 0 Å². The summed E-state index contributed by atoms with van der Waals surface area (Å²) in [6.07, 6.45) is 4.79. The van der Waals surface area contributed by atoms with Crippen LogP contribution in [0.3, 0.4) is 0 Å². The lowest BCUT2D eigenvalue weighted by Gasteiger charge is -2.33. The molecule has 4 nitrogen and oxygen atoms in total. The Bertz CT molecular complexity index is 358. The van der Waals surface area contributed by atoms with Crippen LogP contribution in [0.1, 0.15) is 52.9 Å². The van der Waals surface area contributed by atoms with Crippen LogP contribution < -0.4 is 5.32 Å². The van der Waals surface area contributed by atoms with Crippen molar-refractivity contribution >= 4 is 11.7 Å². The van der Waals surface area contributed by atoms with E-state index in [4.69, 9.17) is 0 Å². The summed E-state index contributed by atoms with van der Waals surface area (Å²) in [5, 5.41) is 3.03. The molecule has 1 amide bonds. The zero-order chi connectivity index (χ0) is 16.0. The summed E-state index contributed by atoms with van der Waals surface area (Å²) >= 11 is 0. The topological polar surface area (TPSA) is 49.4 Å². The van der Waals surface area contributed by atoms with E-state index in [1.54, 1.807) is 0 Å². The maximum absolute atomic E-state index is 12.6. The van der Waals surface area contributed by atoms with Crippen LogP contribution in [-0.2, 0) is 9.59 Å². The molecule has 1 aliphatic carbocycles. The van der Waals surface area contributed by atoms with E-state index < -0.39 is 0 Å². The van der Waals surface area contributed by atoms with Crippen molar-refractivity contribution in [2.75, 3.05) is 27.2 Å². The van der Waals surface area contributed by atoms with Gasteiger partial charge in [-0.05, 0) is 39.9 Å². The van der Waals surface area contributed by atoms with Crippen molar-refractivity contribution in [3.8, 4) is 0 Å². The monoisotopic (exact) mass is 296 g/mol. The van der Waals surface area contributed by atoms with Crippen LogP contribution in [0.15, 0.2) is 0 Å². The zero-order valence-electron chi connectivity index (χ0n) is 14.4. The maximum atomic E-state index is 12.6. The lowest BCUT2D eigenvalue weighted by atomic mass is 9.70. The highest BCUT2D eigenvalue weighted by molar-refractivity contribution is 5.91. The third-order valence-electron chi connectivity index (χ3n) is 4.26. The summed E-state index contributed by atoms with van der Waals surface area (Å²) < 4.78 is 0. The minimum atomic E-state index is -0.356. The van der Waals surface area contributed by atoms with Gasteiger partial charge in [-0.3, -0.25) is 9.59 Å². The van der Waals surface area contributed by atoms with Gasteiger partial charge < -0.3 is 10.2 Å². The number of ketones is 1. The summed E-state index contributed by atoms with van der Waals surface area (Å²) in [7, 11) is 4.06. The summed E-state index contributed by atoms with van der Waals surface area (Å²) in [6, 6.07) is 0. The fourth-order valence-corrected chi connectivity index (χ4v) is 3.05. The minimum absolute atomic E-state index is 0.0797. The Morgan fingerprint density at radius 1 is 1.10 bits per heavy atom. The van der Waals surface area contributed by atoms with E-state index in [1.807, 2.05) is 34.9 Å². The lowest BCUT2D eigenvalue weighted by Crippen LogP contribution is -2.43. The van der Waals surface area contributed by atoms with Gasteiger partial charge in [0.1, 0.15) is 5.78 Å². The van der Waals surface area contributed by atoms with Crippen molar-refractivity contribution in [1.82, 2.24) is 10.2 Å². The Labute approximate surface area is 129 Å². The van der Waals surface area contributed by atoms with Crippen molar-refractivity contribution in [3.05, 3.63) is 0 Å². The van der Waals surface area contributed by atoms with E-state index in [0.29, 0.717) is 6.54 Å². The van der Waals surface area contributed by atoms with E-state index in [2.05, 4.69) is 10.2 Å². The van der Waals surface area contributed by atoms with Gasteiger partial charge in [0.15, 0.2) is 0 Å². The molecule has 0 radical (unpaired) electrons. The quantitative estimate of drug-likeness (QED) is 0.766. The number of carbonyl (C=O) groups is 2. The highest BCUT2D eigenvalue weighted by Gasteiger charge is 2.39. The number of hydrogen-bond acceptors (Lipinski definition) is 3. The number of hydrogen-bond donors (Lipinski definition) is 1. The molecular formula is C17H32N2O2. The van der Waals surface area contributed by atoms with Crippen LogP contribution in [0, 0.1) is 17.3 Å². The zero-order valence-corrected chi connectivity index (χ0v) is 14.4. The maximum Gasteiger partial charge on any atom is 0.223 e. The fourth-order valence-electron chi connectivity index (χ4n) is 3.05. The van der Waals surface area contributed by atoms with E-state index in [-0.39, 0.29) is 28.9 Å². The molecule has 0 aliphatic heterocycles. The number of nitrogens with zero attached hydrogens (tertiary/aromatic N) is 1. The molecule has 21 heavy (non-hydrogen) atoms. The molecule has 1 rings (SSSR count). The van der Waals surface area contributed by atoms with Crippen LogP contribution in [-0.4, -0.2) is 43.8 Å². The highest BCUT2D eigenvalue weighted by atomic mass is 16.2. The number of Topliss-reactive ketones (excluding diaryl/α,β-unsaturated/α-hetero) is 1. The molecule has 2 atom stereocenters. The van der Waals surface area contributed by atoms with Crippen molar-refractivity contribution in [2.45, 2.75) is 52.9 Å². The molecule has 122 valence electrons. The van der Waals surface area contributed by atoms with Gasteiger partial charge in [-0.1, -0.05) is 33.6 Å². The summed E-state index contributed by atoms with van der Waals surface area (Å²) in [5.41, 5.74) is -0.356. The Hall–Kier alpha value is -0.900. The molecule has 1 N–H and O–H groups in total. The minimum Gasteiger partial charge on any atom is -0.356 e. The second kappa shape index (κ2) is 7.92. The Morgan fingerprint density at radius 2 is 1.67 bits per heavy atom. The first-order valence-corrected chi connectivity index (χ1v) is 8.20. The van der Waals surface area contributed by atoms with Crippen LogP contribution >= 0.6 is 0 Å². The fraction of sp³-hybridized carbons (Fsp3) is 0.882. The van der Waals surface area contributed by atoms with E-state index in [1.165, 1.54) is 0 Å². The number of carbonyl (C=O) groups excluding carboxylic acids is 2. The molecule has 0 saturated heterocycles. The predicted molar refractivity (Wildman–Crippen MR) is 86.1 cm³/mol. The first-order chi connectivity index (χ1) is 9.73. The molecule has 1 aliphatic rings. The molecule has 0 unspecified atom stereocenters. The van der Waals surface area contributed by atoms with Gasteiger partial charge in [0.05, 0.1) is 0 Å². The normalized spacial score (nSPS) is 23.1. The first-order valence-electron chi connectivity index (χ1n) is 8.20. The van der Waals surface area contributed by atoms with Crippen molar-refractivity contribution < 1.29 is 9.59 Å². The number of amides is 1. The van der Waals surface area contributed by atoms with Gasteiger partial charge in [0.2, 0.25) is 5.91 Å². The third kappa shape index (κ3) is 5.77. The van der Waals surface area contributed by atoms with Gasteiger partial charge in [0, 0.05) is 23.8 Å². The van der Waals surface area contributed by atoms with Crippen molar-refractivity contribution in [3.63, 3.8) is 0 Å². The molecule has 1 fully saturated rings. The average Bonchev–Trinajstić information content (AvgIpc) is 2.41. The standard InChI is InChI=1S/C17H32N2O2/c1-17(2,3)15(20)13-9-6-7-10-14(13)16(21)18-11-8-12-19(4)5/h13-14H,6-12H2,1-5H3,(H,18,21)/t13-,14+/m0/s1. The lowest BCUT2D eigenvalue weighted by molar-refractivity contribution is -0.139. The van der Waals surface area contributed by atoms with Gasteiger partial charge in [0.25, 0.3) is 0 Å². The molecule has 0 aromatic carbocycles. The first kappa shape index (κ1) is 18.1. The number of nitrogens with one attached hydrogen (secondary N) is 1. The van der Waals surface area contributed by atoms with Gasteiger partial charge >= 0.3 is 0 Å². The summed E-state index contributed by atoms with van der Waals surface area (Å²) in [4.78, 5) is 27.1. The van der Waals surface area contributed by atoms with E-state index in [9.17, 15) is 9.59 Å². The second-order valence-corrected chi connectivity index (χ2v) is 7.56. The predicted octanol–water partition coefficient (Wildman–Crippen LogP) is 2.48. The molecule has 0 aromatic rings. The van der Waals surface area contributed by atoms with Crippen LogP contribution in [0.2, 0.25) is 0 Å². The smallest absolute Gasteiger partial charge is 0.223 e. The van der Waals surface area contributed by atoms with Gasteiger partial charge in [-0.15, -0.1) is 0 Å². The van der Waals surface area contributed by atoms with Gasteiger partial charge in [-0.25, -0.2) is 0 Å². The van der Waals surface area contributed by atoms with Crippen LogP contribution in [0.25, 0.3) is 0 Å². The summed E-state index contributed by atoms with van der Waals surface area (Å²) in [6.45, 7) is 7.53. The molecule has 1 saturated carbocycles. The highest BCUT2D eigenvalue weighted by Crippen LogP contribution is 2.35. The molecule has 0 bridgehead atoms. The van der Waals surface area contributed by atoms with E-state index >= 15 is 0 Å². The second-order valence-electron chi connectivity index (χ2n) is 7.56. The molecule has 0 spiro atoms. The molecule has 0 heterocycles. The summed E-state index contributed by atoms with van der Waals surface area (Å²) in [5.74, 6) is 0.115. The van der Waals surface area contributed by atoms with Crippen LogP contribution in [0.4, 0.5) is 0 Å². The van der Waals surface area contributed by atoms with Crippen LogP contribution in [0.5, 0.6) is 0 Å². The molecule has 0 aromatic heterocycles. The number of rotatable bonds is 6. The Morgan fingerprint density at radius 3 is 2.19 bits per heavy atom. The van der Waals surface area contributed by atoms with Gasteiger partial charge in [-0.2, -0.15) is 0 Å². The average molecular weight is 296 g/mol. The Kier molecular flexibility index (Phi) is 6.85. The van der Waals surface area contributed by atoms with E-state index in [0.717, 1.165) is 38.6 Å². The largest absolute Gasteiger partial charge is 0.356 e.